The standard InChI is InChI=1S/C7H10O.2C2H6.CH3NO/c1-8-7-5-3-2-4-6-7;2*1-2;2-1-3/h3,5-6H,2,4H2,1H3;2*1-2H3;1H,(H2,2,3). The van der Waals surface area contributed by atoms with Crippen molar-refractivity contribution in [3.05, 3.63) is 24.0 Å². The molecule has 0 bridgehead atoms. The average molecular weight is 215 g/mol. The van der Waals surface area contributed by atoms with E-state index in [4.69, 9.17) is 9.53 Å². The lowest BCUT2D eigenvalue weighted by Gasteiger charge is -2.02. The largest absolute Gasteiger partial charge is 0.497 e. The molecule has 0 aromatic carbocycles. The van der Waals surface area contributed by atoms with Gasteiger partial charge >= 0.3 is 0 Å². The Labute approximate surface area is 94.0 Å². The molecule has 0 saturated carbocycles. The van der Waals surface area contributed by atoms with Crippen LogP contribution in [0.3, 0.4) is 0 Å². The Morgan fingerprint density at radius 2 is 1.73 bits per heavy atom. The van der Waals surface area contributed by atoms with Crippen molar-refractivity contribution in [1.29, 1.82) is 0 Å². The van der Waals surface area contributed by atoms with E-state index in [1.165, 1.54) is 0 Å². The van der Waals surface area contributed by atoms with Gasteiger partial charge in [0.1, 0.15) is 5.76 Å². The van der Waals surface area contributed by atoms with Crippen LogP contribution in [0.15, 0.2) is 24.0 Å². The Morgan fingerprint density at radius 3 is 1.93 bits per heavy atom. The van der Waals surface area contributed by atoms with Crippen LogP contribution in [0.4, 0.5) is 0 Å². The SMILES string of the molecule is CC.CC.COC1=CCCC=C1.NC=O. The highest BCUT2D eigenvalue weighted by Gasteiger charge is 1.92. The summed E-state index contributed by atoms with van der Waals surface area (Å²) in [6, 6.07) is 0. The van der Waals surface area contributed by atoms with Crippen molar-refractivity contribution in [2.24, 2.45) is 5.73 Å². The van der Waals surface area contributed by atoms with Crippen molar-refractivity contribution in [3.8, 4) is 0 Å². The molecular weight excluding hydrogens is 190 g/mol. The van der Waals surface area contributed by atoms with Crippen molar-refractivity contribution in [2.45, 2.75) is 40.5 Å². The number of carbonyl (C=O) groups is 1. The van der Waals surface area contributed by atoms with Gasteiger partial charge in [-0.2, -0.15) is 0 Å². The molecule has 2 N–H and O–H groups in total. The van der Waals surface area contributed by atoms with Gasteiger partial charge in [-0.3, -0.25) is 4.79 Å². The first-order valence-electron chi connectivity index (χ1n) is 5.41. The molecule has 0 aliphatic heterocycles. The quantitative estimate of drug-likeness (QED) is 0.683. The zero-order valence-corrected chi connectivity index (χ0v) is 10.6. The third kappa shape index (κ3) is 19.2. The van der Waals surface area contributed by atoms with Crippen LogP contribution in [-0.2, 0) is 9.53 Å². The van der Waals surface area contributed by atoms with E-state index in [-0.39, 0.29) is 6.41 Å². The summed E-state index contributed by atoms with van der Waals surface area (Å²) < 4.78 is 4.97. The molecule has 3 heteroatoms. The Bertz CT molecular complexity index is 163. The van der Waals surface area contributed by atoms with Crippen molar-refractivity contribution in [2.75, 3.05) is 7.11 Å². The monoisotopic (exact) mass is 215 g/mol. The summed E-state index contributed by atoms with van der Waals surface area (Å²) in [5, 5.41) is 0. The van der Waals surface area contributed by atoms with Crippen molar-refractivity contribution < 1.29 is 9.53 Å². The lowest BCUT2D eigenvalue weighted by molar-refractivity contribution is -0.106. The average Bonchev–Trinajstić information content (AvgIpc) is 2.36. The van der Waals surface area contributed by atoms with Gasteiger partial charge in [0.25, 0.3) is 0 Å². The van der Waals surface area contributed by atoms with Gasteiger partial charge in [-0.15, -0.1) is 0 Å². The second-order valence-corrected chi connectivity index (χ2v) is 1.93. The van der Waals surface area contributed by atoms with E-state index in [2.05, 4.69) is 17.9 Å². The van der Waals surface area contributed by atoms with Crippen LogP contribution in [0.5, 0.6) is 0 Å². The van der Waals surface area contributed by atoms with Gasteiger partial charge in [0, 0.05) is 0 Å². The molecule has 0 aromatic rings. The van der Waals surface area contributed by atoms with Crippen LogP contribution >= 0.6 is 0 Å². The number of hydrogen-bond donors (Lipinski definition) is 1. The summed E-state index contributed by atoms with van der Waals surface area (Å²) in [7, 11) is 1.70. The fraction of sp³-hybridized carbons (Fsp3) is 0.583. The number of carbonyl (C=O) groups excluding carboxylic acids is 1. The third-order valence-electron chi connectivity index (χ3n) is 1.20. The molecular formula is C12H25NO2. The molecule has 3 nitrogen and oxygen atoms in total. The Morgan fingerprint density at radius 1 is 1.27 bits per heavy atom. The number of nitrogens with two attached hydrogens (primary N) is 1. The molecule has 0 spiro atoms. The van der Waals surface area contributed by atoms with Gasteiger partial charge in [-0.05, 0) is 25.0 Å². The minimum Gasteiger partial charge on any atom is -0.497 e. The van der Waals surface area contributed by atoms with Crippen LogP contribution in [0.1, 0.15) is 40.5 Å². The summed E-state index contributed by atoms with van der Waals surface area (Å²) in [5.41, 5.74) is 4.17. The molecule has 0 atom stereocenters. The minimum atomic E-state index is 0.250. The molecule has 1 rings (SSSR count). The maximum atomic E-state index is 8.58. The van der Waals surface area contributed by atoms with Gasteiger partial charge in [0.2, 0.25) is 6.41 Å². The van der Waals surface area contributed by atoms with E-state index in [1.807, 2.05) is 33.8 Å². The van der Waals surface area contributed by atoms with Crippen molar-refractivity contribution in [3.63, 3.8) is 0 Å². The van der Waals surface area contributed by atoms with Gasteiger partial charge in [-0.25, -0.2) is 0 Å². The van der Waals surface area contributed by atoms with Crippen molar-refractivity contribution >= 4 is 6.41 Å². The molecule has 1 amide bonds. The molecule has 1 aliphatic carbocycles. The highest BCUT2D eigenvalue weighted by Crippen LogP contribution is 2.08. The Kier molecular flexibility index (Phi) is 29.6. The number of primary amides is 1. The van der Waals surface area contributed by atoms with Gasteiger partial charge in [0.15, 0.2) is 0 Å². The predicted molar refractivity (Wildman–Crippen MR) is 66.4 cm³/mol. The first-order valence-corrected chi connectivity index (χ1v) is 5.41. The van der Waals surface area contributed by atoms with Crippen LogP contribution in [0, 0.1) is 0 Å². The highest BCUT2D eigenvalue weighted by atomic mass is 16.5. The third-order valence-corrected chi connectivity index (χ3v) is 1.20. The van der Waals surface area contributed by atoms with Crippen LogP contribution in [0.25, 0.3) is 0 Å². The van der Waals surface area contributed by atoms with Gasteiger partial charge in [-0.1, -0.05) is 33.8 Å². The first kappa shape index (κ1) is 19.3. The Hall–Kier alpha value is -1.25. The lowest BCUT2D eigenvalue weighted by atomic mass is 10.2. The van der Waals surface area contributed by atoms with Crippen LogP contribution in [-0.4, -0.2) is 13.5 Å². The van der Waals surface area contributed by atoms with Crippen LogP contribution < -0.4 is 5.73 Å². The molecule has 0 saturated heterocycles. The molecule has 1 aliphatic rings. The summed E-state index contributed by atoms with van der Waals surface area (Å²) in [6.45, 7) is 8.00. The second kappa shape index (κ2) is 23.0. The van der Waals surface area contributed by atoms with Gasteiger partial charge in [0.05, 0.1) is 7.11 Å². The number of ether oxygens (including phenoxy) is 1. The summed E-state index contributed by atoms with van der Waals surface area (Å²) >= 11 is 0. The zero-order valence-electron chi connectivity index (χ0n) is 10.6. The summed E-state index contributed by atoms with van der Waals surface area (Å²) in [6.07, 6.45) is 8.76. The minimum absolute atomic E-state index is 0.250. The highest BCUT2D eigenvalue weighted by molar-refractivity contribution is 5.42. The van der Waals surface area contributed by atoms with E-state index in [0.29, 0.717) is 0 Å². The Balaban J connectivity index is -0.000000176. The fourth-order valence-electron chi connectivity index (χ4n) is 0.741. The summed E-state index contributed by atoms with van der Waals surface area (Å²) in [5.74, 6) is 0.997. The fourth-order valence-corrected chi connectivity index (χ4v) is 0.741. The van der Waals surface area contributed by atoms with E-state index >= 15 is 0 Å². The zero-order chi connectivity index (χ0) is 12.5. The predicted octanol–water partition coefficient (Wildman–Crippen LogP) is 3.02. The number of amides is 1. The number of hydrogen-bond acceptors (Lipinski definition) is 2. The maximum Gasteiger partial charge on any atom is 0.204 e. The molecule has 0 heterocycles. The topological polar surface area (TPSA) is 52.3 Å². The smallest absolute Gasteiger partial charge is 0.204 e. The van der Waals surface area contributed by atoms with E-state index in [0.717, 1.165) is 18.6 Å². The number of allylic oxidation sites excluding steroid dienone is 3. The van der Waals surface area contributed by atoms with E-state index in [9.17, 15) is 0 Å². The molecule has 0 radical (unpaired) electrons. The first-order chi connectivity index (χ1) is 7.35. The maximum absolute atomic E-state index is 8.58. The molecule has 15 heavy (non-hydrogen) atoms. The van der Waals surface area contributed by atoms with Gasteiger partial charge < -0.3 is 10.5 Å². The molecule has 0 fully saturated rings. The van der Waals surface area contributed by atoms with E-state index in [1.54, 1.807) is 7.11 Å². The molecule has 0 aromatic heterocycles. The molecule has 90 valence electrons. The van der Waals surface area contributed by atoms with Crippen LogP contribution in [0.2, 0.25) is 0 Å². The normalized spacial score (nSPS) is 11.1. The van der Waals surface area contributed by atoms with Crippen molar-refractivity contribution in [1.82, 2.24) is 0 Å². The number of rotatable bonds is 1. The second-order valence-electron chi connectivity index (χ2n) is 1.93. The summed E-state index contributed by atoms with van der Waals surface area (Å²) in [4.78, 5) is 8.58. The number of methoxy groups -OCH3 is 1. The lowest BCUT2D eigenvalue weighted by Crippen LogP contribution is -1.85. The molecule has 0 unspecified atom stereocenters. The van der Waals surface area contributed by atoms with E-state index < -0.39 is 0 Å².